The molecule has 0 saturated carbocycles. The first-order valence-corrected chi connectivity index (χ1v) is 7.57. The Labute approximate surface area is 129 Å². The van der Waals surface area contributed by atoms with Crippen LogP contribution in [-0.4, -0.2) is 7.05 Å². The summed E-state index contributed by atoms with van der Waals surface area (Å²) in [5, 5.41) is 3.35. The molecule has 0 bridgehead atoms. The van der Waals surface area contributed by atoms with Gasteiger partial charge in [0.05, 0.1) is 0 Å². The van der Waals surface area contributed by atoms with E-state index in [0.29, 0.717) is 5.92 Å². The molecule has 116 valence electrons. The van der Waals surface area contributed by atoms with Gasteiger partial charge in [0.1, 0.15) is 5.82 Å². The summed E-state index contributed by atoms with van der Waals surface area (Å²) in [4.78, 5) is 0. The lowest BCUT2D eigenvalue weighted by Gasteiger charge is -2.29. The largest absolute Gasteiger partial charge is 0.391 e. The highest BCUT2D eigenvalue weighted by Gasteiger charge is 2.24. The molecule has 0 heterocycles. The van der Waals surface area contributed by atoms with Gasteiger partial charge in [-0.2, -0.15) is 0 Å². The summed E-state index contributed by atoms with van der Waals surface area (Å²) < 4.78 is 13.3. The van der Waals surface area contributed by atoms with E-state index < -0.39 is 0 Å². The van der Waals surface area contributed by atoms with Gasteiger partial charge in [-0.25, -0.2) is 4.39 Å². The summed E-state index contributed by atoms with van der Waals surface area (Å²) >= 11 is 0. The maximum absolute atomic E-state index is 13.3. The molecule has 1 aromatic carbocycles. The van der Waals surface area contributed by atoms with E-state index in [1.807, 2.05) is 19.2 Å². The number of benzene rings is 1. The average Bonchev–Trinajstić information content (AvgIpc) is 2.38. The summed E-state index contributed by atoms with van der Waals surface area (Å²) in [5.74, 6) is 0.166. The molecule has 0 saturated heterocycles. The second kappa shape index (κ2) is 6.93. The van der Waals surface area contributed by atoms with Gasteiger partial charge in [-0.15, -0.1) is 0 Å². The third kappa shape index (κ3) is 4.20. The summed E-state index contributed by atoms with van der Waals surface area (Å²) in [6.45, 7) is 13.0. The zero-order valence-electron chi connectivity index (χ0n) is 14.3. The van der Waals surface area contributed by atoms with E-state index in [4.69, 9.17) is 0 Å². The molecule has 1 nitrogen and oxygen atoms in total. The van der Waals surface area contributed by atoms with E-state index >= 15 is 0 Å². The van der Waals surface area contributed by atoms with Gasteiger partial charge < -0.3 is 5.32 Å². The van der Waals surface area contributed by atoms with Crippen molar-refractivity contribution in [1.82, 2.24) is 5.32 Å². The maximum Gasteiger partial charge on any atom is 0.123 e. The number of hydrogen-bond donors (Lipinski definition) is 1. The Morgan fingerprint density at radius 1 is 1.14 bits per heavy atom. The van der Waals surface area contributed by atoms with Gasteiger partial charge in [0.25, 0.3) is 0 Å². The average molecular weight is 289 g/mol. The van der Waals surface area contributed by atoms with Crippen LogP contribution >= 0.6 is 0 Å². The van der Waals surface area contributed by atoms with E-state index in [9.17, 15) is 4.39 Å². The van der Waals surface area contributed by atoms with Crippen LogP contribution in [0.2, 0.25) is 0 Å². The minimum Gasteiger partial charge on any atom is -0.391 e. The molecule has 21 heavy (non-hydrogen) atoms. The quantitative estimate of drug-likeness (QED) is 0.731. The highest BCUT2D eigenvalue weighted by atomic mass is 19.1. The van der Waals surface area contributed by atoms with Crippen LogP contribution in [0.25, 0.3) is 5.57 Å². The van der Waals surface area contributed by atoms with Crippen molar-refractivity contribution in [2.75, 3.05) is 7.05 Å². The van der Waals surface area contributed by atoms with Crippen molar-refractivity contribution >= 4 is 5.57 Å². The summed E-state index contributed by atoms with van der Waals surface area (Å²) in [7, 11) is 1.95. The molecule has 1 N–H and O–H groups in total. The molecule has 0 unspecified atom stereocenters. The first kappa shape index (κ1) is 17.5. The van der Waals surface area contributed by atoms with Crippen LogP contribution in [0.5, 0.6) is 0 Å². The molecule has 0 aliphatic heterocycles. The monoisotopic (exact) mass is 289 g/mol. The predicted molar refractivity (Wildman–Crippen MR) is 90.4 cm³/mol. The topological polar surface area (TPSA) is 12.0 Å². The Bertz CT molecular complexity index is 528. The van der Waals surface area contributed by atoms with Crippen molar-refractivity contribution < 1.29 is 4.39 Å². The smallest absolute Gasteiger partial charge is 0.123 e. The van der Waals surface area contributed by atoms with Gasteiger partial charge in [-0.1, -0.05) is 52.8 Å². The van der Waals surface area contributed by atoms with Gasteiger partial charge in [-0.05, 0) is 41.5 Å². The van der Waals surface area contributed by atoms with Crippen LogP contribution in [0.1, 0.15) is 47.1 Å². The normalized spacial score (nSPS) is 14.2. The van der Waals surface area contributed by atoms with Crippen LogP contribution in [-0.2, 0) is 0 Å². The number of hydrogen-bond acceptors (Lipinski definition) is 1. The van der Waals surface area contributed by atoms with Crippen LogP contribution in [0, 0.1) is 17.2 Å². The Morgan fingerprint density at radius 3 is 2.00 bits per heavy atom. The van der Waals surface area contributed by atoms with Gasteiger partial charge in [0, 0.05) is 18.3 Å². The first-order valence-electron chi connectivity index (χ1n) is 7.57. The molecule has 0 fully saturated rings. The number of rotatable bonds is 4. The predicted octanol–water partition coefficient (Wildman–Crippen LogP) is 5.40. The van der Waals surface area contributed by atoms with E-state index in [1.54, 1.807) is 0 Å². The van der Waals surface area contributed by atoms with E-state index in [-0.39, 0.29) is 11.2 Å². The molecular formula is C19H28FN. The SMILES string of the molecule is C/C=C(/C(=C(\NC)C(C)C)c1ccc(F)cc1)C(C)(C)C. The van der Waals surface area contributed by atoms with Crippen molar-refractivity contribution in [3.8, 4) is 0 Å². The van der Waals surface area contributed by atoms with Crippen molar-refractivity contribution in [2.45, 2.75) is 41.5 Å². The zero-order chi connectivity index (χ0) is 16.2. The first-order chi connectivity index (χ1) is 9.72. The lowest BCUT2D eigenvalue weighted by molar-refractivity contribution is 0.517. The second-order valence-corrected chi connectivity index (χ2v) is 6.65. The van der Waals surface area contributed by atoms with Gasteiger partial charge >= 0.3 is 0 Å². The molecule has 1 aromatic rings. The van der Waals surface area contributed by atoms with Gasteiger partial charge in [-0.3, -0.25) is 0 Å². The van der Waals surface area contributed by atoms with E-state index in [2.05, 4.69) is 52.9 Å². The Balaban J connectivity index is 3.62. The fourth-order valence-electron chi connectivity index (χ4n) is 2.73. The van der Waals surface area contributed by atoms with Crippen molar-refractivity contribution in [1.29, 1.82) is 0 Å². The second-order valence-electron chi connectivity index (χ2n) is 6.65. The zero-order valence-corrected chi connectivity index (χ0v) is 14.3. The van der Waals surface area contributed by atoms with Crippen LogP contribution in [0.3, 0.4) is 0 Å². The third-order valence-corrected chi connectivity index (χ3v) is 3.61. The van der Waals surface area contributed by atoms with Gasteiger partial charge in [0.2, 0.25) is 0 Å². The molecule has 0 radical (unpaired) electrons. The molecule has 0 atom stereocenters. The summed E-state index contributed by atoms with van der Waals surface area (Å²) in [5.41, 5.74) is 4.71. The standard InChI is InChI=1S/C19H28FN/c1-8-16(19(4,5)6)17(18(21-7)13(2)3)14-9-11-15(20)12-10-14/h8-13,21H,1-7H3/b16-8-,18-17-. The molecule has 2 heteroatoms. The molecule has 0 aromatic heterocycles. The molecule has 0 spiro atoms. The molecular weight excluding hydrogens is 261 g/mol. The number of halogens is 1. The number of allylic oxidation sites excluding steroid dienone is 4. The van der Waals surface area contributed by atoms with E-state index in [1.165, 1.54) is 29.0 Å². The number of nitrogens with one attached hydrogen (secondary N) is 1. The molecule has 0 aliphatic carbocycles. The maximum atomic E-state index is 13.3. The highest BCUT2D eigenvalue weighted by molar-refractivity contribution is 5.82. The van der Waals surface area contributed by atoms with Crippen LogP contribution in [0.4, 0.5) is 4.39 Å². The Morgan fingerprint density at radius 2 is 1.67 bits per heavy atom. The lowest BCUT2D eigenvalue weighted by Crippen LogP contribution is -2.19. The van der Waals surface area contributed by atoms with Crippen LogP contribution < -0.4 is 5.32 Å². The lowest BCUT2D eigenvalue weighted by atomic mass is 9.77. The van der Waals surface area contributed by atoms with Crippen molar-refractivity contribution in [2.24, 2.45) is 11.3 Å². The summed E-state index contributed by atoms with van der Waals surface area (Å²) in [6.07, 6.45) is 2.17. The fourth-order valence-corrected chi connectivity index (χ4v) is 2.73. The molecule has 0 aliphatic rings. The highest BCUT2D eigenvalue weighted by Crippen LogP contribution is 2.39. The van der Waals surface area contributed by atoms with E-state index in [0.717, 1.165) is 5.56 Å². The minimum atomic E-state index is -0.202. The third-order valence-electron chi connectivity index (χ3n) is 3.61. The van der Waals surface area contributed by atoms with Crippen LogP contribution in [0.15, 0.2) is 41.6 Å². The van der Waals surface area contributed by atoms with Crippen molar-refractivity contribution in [3.05, 3.63) is 53.0 Å². The summed E-state index contributed by atoms with van der Waals surface area (Å²) in [6, 6.07) is 6.77. The molecule has 0 amide bonds. The Hall–Kier alpha value is -1.57. The van der Waals surface area contributed by atoms with Crippen molar-refractivity contribution in [3.63, 3.8) is 0 Å². The fraction of sp³-hybridized carbons (Fsp3) is 0.474. The molecule has 1 rings (SSSR count). The van der Waals surface area contributed by atoms with Gasteiger partial charge in [0.15, 0.2) is 0 Å². The minimum absolute atomic E-state index is 0.0233. The Kier molecular flexibility index (Phi) is 5.77.